The first-order chi connectivity index (χ1) is 10.7. The zero-order valence-corrected chi connectivity index (χ0v) is 14.4. The van der Waals surface area contributed by atoms with Crippen molar-refractivity contribution in [2.45, 2.75) is 44.8 Å². The lowest BCUT2D eigenvalue weighted by molar-refractivity contribution is 0.444. The van der Waals surface area contributed by atoms with Crippen LogP contribution in [0.25, 0.3) is 11.4 Å². The molecule has 0 aliphatic rings. The normalized spacial score (nSPS) is 12.0. The van der Waals surface area contributed by atoms with Gasteiger partial charge in [0, 0.05) is 18.9 Å². The van der Waals surface area contributed by atoms with Crippen LogP contribution in [0.5, 0.6) is 11.5 Å². The lowest BCUT2D eigenvalue weighted by Crippen LogP contribution is -2.10. The van der Waals surface area contributed by atoms with Crippen LogP contribution in [0.4, 0.5) is 0 Å². The van der Waals surface area contributed by atoms with Crippen LogP contribution in [0, 0.1) is 0 Å². The third kappa shape index (κ3) is 3.31. The van der Waals surface area contributed by atoms with E-state index < -0.39 is 9.84 Å². The maximum atomic E-state index is 11.9. The number of aromatic nitrogens is 3. The van der Waals surface area contributed by atoms with Crippen LogP contribution >= 0.6 is 0 Å². The Labute approximate surface area is 135 Å². The maximum absolute atomic E-state index is 11.9. The SMILES string of the molecule is CCCn1c(-c2cc(C(C)C)c(O)cc2O)nnc1S(C)(=O)=O. The summed E-state index contributed by atoms with van der Waals surface area (Å²) >= 11 is 0. The molecular weight excluding hydrogens is 318 g/mol. The van der Waals surface area contributed by atoms with E-state index in [9.17, 15) is 18.6 Å². The summed E-state index contributed by atoms with van der Waals surface area (Å²) in [7, 11) is -3.53. The van der Waals surface area contributed by atoms with Gasteiger partial charge in [0.25, 0.3) is 0 Å². The summed E-state index contributed by atoms with van der Waals surface area (Å²) in [5.74, 6) is 0.126. The average Bonchev–Trinajstić information content (AvgIpc) is 2.82. The Kier molecular flexibility index (Phi) is 4.65. The zero-order chi connectivity index (χ0) is 17.4. The van der Waals surface area contributed by atoms with Gasteiger partial charge in [-0.3, -0.25) is 4.57 Å². The van der Waals surface area contributed by atoms with Crippen molar-refractivity contribution in [3.8, 4) is 22.9 Å². The molecule has 0 amide bonds. The van der Waals surface area contributed by atoms with Crippen LogP contribution in [-0.2, 0) is 16.4 Å². The molecule has 0 fully saturated rings. The van der Waals surface area contributed by atoms with Crippen molar-refractivity contribution in [1.29, 1.82) is 0 Å². The molecule has 2 aromatic rings. The third-order valence-corrected chi connectivity index (χ3v) is 4.47. The van der Waals surface area contributed by atoms with Crippen molar-refractivity contribution in [1.82, 2.24) is 14.8 Å². The zero-order valence-electron chi connectivity index (χ0n) is 13.6. The van der Waals surface area contributed by atoms with Gasteiger partial charge in [0.2, 0.25) is 15.0 Å². The largest absolute Gasteiger partial charge is 0.508 e. The number of phenolic OH excluding ortho intramolecular Hbond substituents is 2. The second-order valence-electron chi connectivity index (χ2n) is 5.81. The van der Waals surface area contributed by atoms with Crippen molar-refractivity contribution < 1.29 is 18.6 Å². The minimum atomic E-state index is -3.53. The van der Waals surface area contributed by atoms with E-state index in [0.29, 0.717) is 24.1 Å². The Morgan fingerprint density at radius 3 is 2.35 bits per heavy atom. The van der Waals surface area contributed by atoms with E-state index in [1.807, 2.05) is 20.8 Å². The van der Waals surface area contributed by atoms with E-state index in [2.05, 4.69) is 10.2 Å². The van der Waals surface area contributed by atoms with Crippen molar-refractivity contribution >= 4 is 9.84 Å². The maximum Gasteiger partial charge on any atom is 0.249 e. The summed E-state index contributed by atoms with van der Waals surface area (Å²) < 4.78 is 25.2. The lowest BCUT2D eigenvalue weighted by Gasteiger charge is -2.13. The molecular formula is C15H21N3O4S. The van der Waals surface area contributed by atoms with Gasteiger partial charge in [-0.1, -0.05) is 20.8 Å². The van der Waals surface area contributed by atoms with Gasteiger partial charge in [-0.25, -0.2) is 8.42 Å². The third-order valence-electron chi connectivity index (χ3n) is 3.50. The van der Waals surface area contributed by atoms with Gasteiger partial charge in [-0.2, -0.15) is 0 Å². The molecule has 0 saturated carbocycles. The summed E-state index contributed by atoms with van der Waals surface area (Å²) in [4.78, 5) is 0. The molecule has 0 aliphatic carbocycles. The second kappa shape index (κ2) is 6.19. The van der Waals surface area contributed by atoms with E-state index in [1.54, 1.807) is 6.07 Å². The van der Waals surface area contributed by atoms with E-state index in [0.717, 1.165) is 6.26 Å². The molecule has 23 heavy (non-hydrogen) atoms. The fourth-order valence-electron chi connectivity index (χ4n) is 2.42. The molecule has 0 spiro atoms. The first-order valence-electron chi connectivity index (χ1n) is 7.36. The average molecular weight is 339 g/mol. The number of sulfone groups is 1. The highest BCUT2D eigenvalue weighted by Gasteiger charge is 2.23. The van der Waals surface area contributed by atoms with Crippen LogP contribution in [-0.4, -0.2) is 39.7 Å². The molecule has 7 nitrogen and oxygen atoms in total. The topological polar surface area (TPSA) is 105 Å². The Morgan fingerprint density at radius 2 is 1.83 bits per heavy atom. The predicted molar refractivity (Wildman–Crippen MR) is 86.3 cm³/mol. The van der Waals surface area contributed by atoms with E-state index in [4.69, 9.17) is 0 Å². The van der Waals surface area contributed by atoms with Crippen LogP contribution in [0.2, 0.25) is 0 Å². The number of hydrogen-bond acceptors (Lipinski definition) is 6. The quantitative estimate of drug-likeness (QED) is 0.866. The van der Waals surface area contributed by atoms with Crippen molar-refractivity contribution in [3.05, 3.63) is 17.7 Å². The number of hydrogen-bond donors (Lipinski definition) is 2. The molecule has 0 aliphatic heterocycles. The fourth-order valence-corrected chi connectivity index (χ4v) is 3.19. The van der Waals surface area contributed by atoms with Gasteiger partial charge in [-0.15, -0.1) is 10.2 Å². The number of aromatic hydroxyl groups is 2. The van der Waals surface area contributed by atoms with Gasteiger partial charge in [-0.05, 0) is 24.0 Å². The Morgan fingerprint density at radius 1 is 1.17 bits per heavy atom. The molecule has 0 radical (unpaired) electrons. The summed E-state index contributed by atoms with van der Waals surface area (Å²) in [5.41, 5.74) is 0.993. The molecule has 2 N–H and O–H groups in total. The molecule has 1 heterocycles. The molecule has 126 valence electrons. The Balaban J connectivity index is 2.72. The summed E-state index contributed by atoms with van der Waals surface area (Å²) in [6.07, 6.45) is 1.76. The van der Waals surface area contributed by atoms with Crippen molar-refractivity contribution in [2.75, 3.05) is 6.26 Å². The van der Waals surface area contributed by atoms with Gasteiger partial charge in [0.15, 0.2) is 5.82 Å². The predicted octanol–water partition coefficient (Wildman–Crippen LogP) is 2.29. The minimum absolute atomic E-state index is 0.00820. The van der Waals surface area contributed by atoms with Crippen LogP contribution in [0.1, 0.15) is 38.7 Å². The standard InChI is InChI=1S/C15H21N3O4S/c1-5-6-18-14(16-17-15(18)23(4,21)22)11-7-10(9(2)3)12(19)8-13(11)20/h7-9,19-20H,5-6H2,1-4H3. The molecule has 0 saturated heterocycles. The summed E-state index contributed by atoms with van der Waals surface area (Å²) in [6.45, 7) is 6.14. The molecule has 0 unspecified atom stereocenters. The van der Waals surface area contributed by atoms with Crippen LogP contribution in [0.15, 0.2) is 17.3 Å². The van der Waals surface area contributed by atoms with Gasteiger partial charge >= 0.3 is 0 Å². The fraction of sp³-hybridized carbons (Fsp3) is 0.467. The number of phenols is 2. The highest BCUT2D eigenvalue weighted by atomic mass is 32.2. The summed E-state index contributed by atoms with van der Waals surface area (Å²) in [5, 5.41) is 27.7. The van der Waals surface area contributed by atoms with Crippen molar-refractivity contribution in [3.63, 3.8) is 0 Å². The van der Waals surface area contributed by atoms with Gasteiger partial charge < -0.3 is 10.2 Å². The highest BCUT2D eigenvalue weighted by Crippen LogP contribution is 2.37. The Hall–Kier alpha value is -2.09. The molecule has 1 aromatic carbocycles. The second-order valence-corrected chi connectivity index (χ2v) is 7.72. The van der Waals surface area contributed by atoms with Crippen LogP contribution < -0.4 is 0 Å². The monoisotopic (exact) mass is 339 g/mol. The molecule has 0 bridgehead atoms. The molecule has 8 heteroatoms. The summed E-state index contributed by atoms with van der Waals surface area (Å²) in [6, 6.07) is 2.87. The molecule has 0 atom stereocenters. The number of nitrogens with zero attached hydrogens (tertiary/aromatic N) is 3. The number of benzene rings is 1. The van der Waals surface area contributed by atoms with Crippen LogP contribution in [0.3, 0.4) is 0 Å². The minimum Gasteiger partial charge on any atom is -0.508 e. The van der Waals surface area contributed by atoms with E-state index in [1.165, 1.54) is 10.6 Å². The van der Waals surface area contributed by atoms with E-state index in [-0.39, 0.29) is 28.4 Å². The molecule has 1 aromatic heterocycles. The first-order valence-corrected chi connectivity index (χ1v) is 9.25. The highest BCUT2D eigenvalue weighted by molar-refractivity contribution is 7.90. The van der Waals surface area contributed by atoms with Crippen molar-refractivity contribution in [2.24, 2.45) is 0 Å². The molecule has 2 rings (SSSR count). The first kappa shape index (κ1) is 17.3. The lowest BCUT2D eigenvalue weighted by atomic mass is 9.98. The van der Waals surface area contributed by atoms with Gasteiger partial charge in [0.05, 0.1) is 5.56 Å². The smallest absolute Gasteiger partial charge is 0.249 e. The Bertz CT molecular complexity index is 825. The number of rotatable bonds is 5. The van der Waals surface area contributed by atoms with Gasteiger partial charge in [0.1, 0.15) is 11.5 Å². The van der Waals surface area contributed by atoms with E-state index >= 15 is 0 Å².